The molecule has 0 radical (unpaired) electrons. The standard InChI is InChI=1S/C14H11BrF4N2/c15-11-6-5-8(7-12(11)16)13(21-20)9-3-1-2-4-10(9)14(17,18)19/h1-7,13,21H,20H2. The van der Waals surface area contributed by atoms with Crippen molar-refractivity contribution in [3.8, 4) is 0 Å². The molecule has 3 N–H and O–H groups in total. The molecule has 0 fully saturated rings. The summed E-state index contributed by atoms with van der Waals surface area (Å²) in [5.41, 5.74) is 1.74. The van der Waals surface area contributed by atoms with E-state index in [1.165, 1.54) is 30.3 Å². The first-order valence-corrected chi connectivity index (χ1v) is 6.71. The van der Waals surface area contributed by atoms with Crippen molar-refractivity contribution in [3.05, 3.63) is 69.4 Å². The molecule has 0 bridgehead atoms. The third-order valence-corrected chi connectivity index (χ3v) is 3.66. The number of hydrogen-bond donors (Lipinski definition) is 2. The van der Waals surface area contributed by atoms with Crippen LogP contribution in [0.1, 0.15) is 22.7 Å². The molecule has 0 amide bonds. The lowest BCUT2D eigenvalue weighted by Gasteiger charge is -2.21. The molecule has 21 heavy (non-hydrogen) atoms. The normalized spacial score (nSPS) is 13.2. The quantitative estimate of drug-likeness (QED) is 0.488. The first-order valence-electron chi connectivity index (χ1n) is 5.91. The largest absolute Gasteiger partial charge is 0.416 e. The van der Waals surface area contributed by atoms with Crippen LogP contribution in [0.2, 0.25) is 0 Å². The third-order valence-electron chi connectivity index (χ3n) is 3.02. The summed E-state index contributed by atoms with van der Waals surface area (Å²) in [6.45, 7) is 0. The predicted octanol–water partition coefficient (Wildman–Crippen LogP) is 4.16. The molecule has 0 spiro atoms. The highest BCUT2D eigenvalue weighted by molar-refractivity contribution is 9.10. The molecule has 2 aromatic carbocycles. The van der Waals surface area contributed by atoms with Crippen molar-refractivity contribution in [2.24, 2.45) is 5.84 Å². The van der Waals surface area contributed by atoms with E-state index in [0.717, 1.165) is 12.1 Å². The molecule has 0 aliphatic rings. The second-order valence-electron chi connectivity index (χ2n) is 4.36. The molecule has 112 valence electrons. The van der Waals surface area contributed by atoms with Crippen molar-refractivity contribution in [3.63, 3.8) is 0 Å². The van der Waals surface area contributed by atoms with Gasteiger partial charge in [0.15, 0.2) is 0 Å². The number of rotatable bonds is 3. The van der Waals surface area contributed by atoms with Crippen LogP contribution in [-0.4, -0.2) is 0 Å². The van der Waals surface area contributed by atoms with E-state index in [1.54, 1.807) is 0 Å². The highest BCUT2D eigenvalue weighted by Gasteiger charge is 2.35. The molecule has 0 aliphatic carbocycles. The molecule has 0 aromatic heterocycles. The molecule has 2 rings (SSSR count). The molecule has 1 unspecified atom stereocenters. The van der Waals surface area contributed by atoms with Crippen molar-refractivity contribution in [1.29, 1.82) is 0 Å². The number of alkyl halides is 3. The van der Waals surface area contributed by atoms with E-state index >= 15 is 0 Å². The topological polar surface area (TPSA) is 38.0 Å². The lowest BCUT2D eigenvalue weighted by Crippen LogP contribution is -2.30. The van der Waals surface area contributed by atoms with Gasteiger partial charge in [-0.1, -0.05) is 24.3 Å². The Bertz CT molecular complexity index is 643. The minimum atomic E-state index is -4.51. The number of benzene rings is 2. The highest BCUT2D eigenvalue weighted by atomic mass is 79.9. The van der Waals surface area contributed by atoms with Gasteiger partial charge in [0.25, 0.3) is 0 Å². The number of hydrazine groups is 1. The van der Waals surface area contributed by atoms with E-state index < -0.39 is 23.6 Å². The first kappa shape index (κ1) is 15.9. The van der Waals surface area contributed by atoms with E-state index in [4.69, 9.17) is 5.84 Å². The Kier molecular flexibility index (Phi) is 4.65. The van der Waals surface area contributed by atoms with Gasteiger partial charge in [-0.3, -0.25) is 5.84 Å². The monoisotopic (exact) mass is 362 g/mol. The van der Waals surface area contributed by atoms with E-state index in [0.29, 0.717) is 5.56 Å². The van der Waals surface area contributed by atoms with Crippen LogP contribution < -0.4 is 11.3 Å². The van der Waals surface area contributed by atoms with Crippen LogP contribution in [0.5, 0.6) is 0 Å². The van der Waals surface area contributed by atoms with Crippen LogP contribution in [0.4, 0.5) is 17.6 Å². The maximum absolute atomic E-state index is 13.6. The van der Waals surface area contributed by atoms with E-state index in [9.17, 15) is 17.6 Å². The van der Waals surface area contributed by atoms with Gasteiger partial charge in [-0.05, 0) is 45.3 Å². The van der Waals surface area contributed by atoms with Gasteiger partial charge in [-0.25, -0.2) is 9.82 Å². The summed E-state index contributed by atoms with van der Waals surface area (Å²) in [5.74, 6) is 4.81. The van der Waals surface area contributed by atoms with Gasteiger partial charge in [0.1, 0.15) is 5.82 Å². The van der Waals surface area contributed by atoms with Crippen LogP contribution in [0, 0.1) is 5.82 Å². The Morgan fingerprint density at radius 1 is 1.10 bits per heavy atom. The van der Waals surface area contributed by atoms with Gasteiger partial charge in [0.05, 0.1) is 16.1 Å². The van der Waals surface area contributed by atoms with E-state index in [1.807, 2.05) is 0 Å². The van der Waals surface area contributed by atoms with Crippen LogP contribution in [0.3, 0.4) is 0 Å². The Labute approximate surface area is 127 Å². The zero-order valence-electron chi connectivity index (χ0n) is 10.6. The van der Waals surface area contributed by atoms with Crippen LogP contribution in [0.25, 0.3) is 0 Å². The van der Waals surface area contributed by atoms with Crippen LogP contribution in [0.15, 0.2) is 46.9 Å². The highest BCUT2D eigenvalue weighted by Crippen LogP contribution is 2.36. The molecular formula is C14H11BrF4N2. The summed E-state index contributed by atoms with van der Waals surface area (Å²) in [7, 11) is 0. The summed E-state index contributed by atoms with van der Waals surface area (Å²) in [5, 5.41) is 0. The fourth-order valence-electron chi connectivity index (χ4n) is 2.06. The molecular weight excluding hydrogens is 352 g/mol. The Balaban J connectivity index is 2.54. The molecule has 0 saturated carbocycles. The third kappa shape index (κ3) is 3.42. The predicted molar refractivity (Wildman–Crippen MR) is 74.7 cm³/mol. The van der Waals surface area contributed by atoms with Gasteiger partial charge in [0.2, 0.25) is 0 Å². The minimum Gasteiger partial charge on any atom is -0.271 e. The van der Waals surface area contributed by atoms with Crippen molar-refractivity contribution >= 4 is 15.9 Å². The number of nitrogens with two attached hydrogens (primary N) is 1. The summed E-state index contributed by atoms with van der Waals surface area (Å²) in [6, 6.07) is 8.15. The fourth-order valence-corrected chi connectivity index (χ4v) is 2.31. The van der Waals surface area contributed by atoms with Gasteiger partial charge >= 0.3 is 6.18 Å². The summed E-state index contributed by atoms with van der Waals surface area (Å²) in [6.07, 6.45) is -4.51. The van der Waals surface area contributed by atoms with Crippen molar-refractivity contribution in [2.75, 3.05) is 0 Å². The van der Waals surface area contributed by atoms with Gasteiger partial charge in [-0.15, -0.1) is 0 Å². The maximum Gasteiger partial charge on any atom is 0.416 e. The number of hydrogen-bond acceptors (Lipinski definition) is 2. The van der Waals surface area contributed by atoms with Gasteiger partial charge in [-0.2, -0.15) is 13.2 Å². The van der Waals surface area contributed by atoms with Crippen molar-refractivity contribution < 1.29 is 17.6 Å². The molecule has 0 saturated heterocycles. The average Bonchev–Trinajstić information content (AvgIpc) is 2.43. The number of halogens is 5. The minimum absolute atomic E-state index is 0.0609. The molecule has 2 aromatic rings. The smallest absolute Gasteiger partial charge is 0.271 e. The number of nitrogens with one attached hydrogen (secondary N) is 1. The van der Waals surface area contributed by atoms with Crippen molar-refractivity contribution in [2.45, 2.75) is 12.2 Å². The second-order valence-corrected chi connectivity index (χ2v) is 5.21. The Morgan fingerprint density at radius 2 is 1.76 bits per heavy atom. The Hall–Kier alpha value is -1.44. The average molecular weight is 363 g/mol. The molecule has 0 aliphatic heterocycles. The zero-order valence-corrected chi connectivity index (χ0v) is 12.2. The van der Waals surface area contributed by atoms with E-state index in [2.05, 4.69) is 21.4 Å². The van der Waals surface area contributed by atoms with E-state index in [-0.39, 0.29) is 10.0 Å². The first-order chi connectivity index (χ1) is 9.84. The molecule has 0 heterocycles. The van der Waals surface area contributed by atoms with Gasteiger partial charge < -0.3 is 0 Å². The summed E-state index contributed by atoms with van der Waals surface area (Å²) in [4.78, 5) is 0. The maximum atomic E-state index is 13.6. The summed E-state index contributed by atoms with van der Waals surface area (Å²) >= 11 is 3.00. The SMILES string of the molecule is NNC(c1ccc(Br)c(F)c1)c1ccccc1C(F)(F)F. The molecule has 1 atom stereocenters. The fraction of sp³-hybridized carbons (Fsp3) is 0.143. The Morgan fingerprint density at radius 3 is 2.33 bits per heavy atom. The van der Waals surface area contributed by atoms with Gasteiger partial charge in [0, 0.05) is 0 Å². The lowest BCUT2D eigenvalue weighted by atomic mass is 9.94. The summed E-state index contributed by atoms with van der Waals surface area (Å²) < 4.78 is 53.0. The van der Waals surface area contributed by atoms with Crippen LogP contribution in [-0.2, 0) is 6.18 Å². The zero-order chi connectivity index (χ0) is 15.6. The second kappa shape index (κ2) is 6.13. The van der Waals surface area contributed by atoms with Crippen molar-refractivity contribution in [1.82, 2.24) is 5.43 Å². The molecule has 2 nitrogen and oxygen atoms in total. The lowest BCUT2D eigenvalue weighted by molar-refractivity contribution is -0.138. The van der Waals surface area contributed by atoms with Crippen LogP contribution >= 0.6 is 15.9 Å². The molecule has 7 heteroatoms.